The number of fused-ring (bicyclic) bond motifs is 1. The first-order valence-corrected chi connectivity index (χ1v) is 6.72. The summed E-state index contributed by atoms with van der Waals surface area (Å²) in [5.74, 6) is -0.0911. The zero-order valence-corrected chi connectivity index (χ0v) is 12.0. The summed E-state index contributed by atoms with van der Waals surface area (Å²) in [6.07, 6.45) is 4.63. The minimum absolute atomic E-state index is 0.0298. The van der Waals surface area contributed by atoms with Gasteiger partial charge in [0.15, 0.2) is 11.5 Å². The molecule has 1 N–H and O–H groups in total. The molecule has 0 aliphatic heterocycles. The second-order valence-electron chi connectivity index (χ2n) is 4.77. The topological polar surface area (TPSA) is 85.6 Å². The number of methoxy groups -OCH3 is 1. The van der Waals surface area contributed by atoms with Gasteiger partial charge in [0, 0.05) is 31.0 Å². The van der Waals surface area contributed by atoms with E-state index in [0.717, 1.165) is 6.42 Å². The summed E-state index contributed by atoms with van der Waals surface area (Å²) in [4.78, 5) is 34.8. The van der Waals surface area contributed by atoms with Gasteiger partial charge >= 0.3 is 5.97 Å². The van der Waals surface area contributed by atoms with Crippen LogP contribution in [0.2, 0.25) is 0 Å². The summed E-state index contributed by atoms with van der Waals surface area (Å²) < 4.78 is 9.95. The van der Waals surface area contributed by atoms with E-state index in [9.17, 15) is 14.4 Å². The molecule has 21 heavy (non-hydrogen) atoms. The molecular weight excluding hydrogens is 274 g/mol. The normalized spacial score (nSPS) is 14.1. The molecular formula is C15H17NO5. The van der Waals surface area contributed by atoms with E-state index in [1.54, 1.807) is 6.92 Å². The van der Waals surface area contributed by atoms with Gasteiger partial charge in [0.05, 0.1) is 12.7 Å². The van der Waals surface area contributed by atoms with Gasteiger partial charge in [-0.1, -0.05) is 6.08 Å². The molecule has 0 atom stereocenters. The minimum atomic E-state index is -0.487. The third-order valence-electron chi connectivity index (χ3n) is 3.35. The van der Waals surface area contributed by atoms with E-state index in [4.69, 9.17) is 4.42 Å². The predicted octanol–water partition coefficient (Wildman–Crippen LogP) is 1.57. The van der Waals surface area contributed by atoms with E-state index >= 15 is 0 Å². The molecule has 0 unspecified atom stereocenters. The first-order chi connectivity index (χ1) is 10.0. The van der Waals surface area contributed by atoms with Crippen molar-refractivity contribution in [1.82, 2.24) is 5.32 Å². The molecule has 0 saturated heterocycles. The SMILES string of the molecule is COC(=O)/C=C/CNC(=O)c1oc2c(c1C)C(=O)CCC2. The lowest BCUT2D eigenvalue weighted by molar-refractivity contribution is -0.134. The van der Waals surface area contributed by atoms with Gasteiger partial charge in [0.25, 0.3) is 5.91 Å². The van der Waals surface area contributed by atoms with Crippen LogP contribution < -0.4 is 5.32 Å². The Labute approximate surface area is 122 Å². The number of carbonyl (C=O) groups is 3. The fourth-order valence-electron chi connectivity index (χ4n) is 2.32. The third-order valence-corrected chi connectivity index (χ3v) is 3.35. The van der Waals surface area contributed by atoms with Crippen LogP contribution in [-0.4, -0.2) is 31.3 Å². The molecule has 0 fully saturated rings. The Hall–Kier alpha value is -2.37. The summed E-state index contributed by atoms with van der Waals surface area (Å²) in [7, 11) is 1.28. The number of rotatable bonds is 4. The fraction of sp³-hybridized carbons (Fsp3) is 0.400. The van der Waals surface area contributed by atoms with Gasteiger partial charge in [-0.3, -0.25) is 9.59 Å². The van der Waals surface area contributed by atoms with E-state index in [1.807, 2.05) is 0 Å². The monoisotopic (exact) mass is 291 g/mol. The van der Waals surface area contributed by atoms with Crippen molar-refractivity contribution in [2.24, 2.45) is 0 Å². The summed E-state index contributed by atoms with van der Waals surface area (Å²) in [6, 6.07) is 0. The maximum atomic E-state index is 12.0. The number of nitrogens with one attached hydrogen (secondary N) is 1. The molecule has 6 nitrogen and oxygen atoms in total. The van der Waals surface area contributed by atoms with E-state index in [2.05, 4.69) is 10.1 Å². The Kier molecular flexibility index (Phi) is 4.57. The van der Waals surface area contributed by atoms with Crippen molar-refractivity contribution in [3.05, 3.63) is 34.8 Å². The molecule has 1 aromatic rings. The van der Waals surface area contributed by atoms with Crippen LogP contribution in [0.1, 0.15) is 45.1 Å². The standard InChI is InChI=1S/C15H17NO5/c1-9-13-10(17)5-3-6-11(13)21-14(9)15(19)16-8-4-7-12(18)20-2/h4,7H,3,5-6,8H2,1-2H3,(H,16,19)/b7-4+. The number of ether oxygens (including phenoxy) is 1. The molecule has 0 saturated carbocycles. The fourth-order valence-corrected chi connectivity index (χ4v) is 2.32. The second-order valence-corrected chi connectivity index (χ2v) is 4.77. The molecule has 0 aromatic carbocycles. The van der Waals surface area contributed by atoms with Crippen LogP contribution in [0.25, 0.3) is 0 Å². The molecule has 0 radical (unpaired) electrons. The van der Waals surface area contributed by atoms with E-state index in [0.29, 0.717) is 29.7 Å². The molecule has 112 valence electrons. The van der Waals surface area contributed by atoms with Gasteiger partial charge in [0.1, 0.15) is 5.76 Å². The van der Waals surface area contributed by atoms with Gasteiger partial charge in [-0.2, -0.15) is 0 Å². The molecule has 0 spiro atoms. The highest BCUT2D eigenvalue weighted by Crippen LogP contribution is 2.29. The first-order valence-electron chi connectivity index (χ1n) is 6.72. The number of Topliss-reactive ketones (excluding diaryl/α,β-unsaturated/α-hetero) is 1. The third kappa shape index (κ3) is 3.21. The van der Waals surface area contributed by atoms with E-state index in [1.165, 1.54) is 19.3 Å². The van der Waals surface area contributed by atoms with Crippen LogP contribution in [0, 0.1) is 6.92 Å². The summed E-state index contributed by atoms with van der Waals surface area (Å²) in [5, 5.41) is 2.60. The molecule has 1 heterocycles. The van der Waals surface area contributed by atoms with Crippen LogP contribution in [0.5, 0.6) is 0 Å². The lowest BCUT2D eigenvalue weighted by atomic mass is 9.94. The smallest absolute Gasteiger partial charge is 0.330 e. The van der Waals surface area contributed by atoms with Gasteiger partial charge in [0.2, 0.25) is 0 Å². The molecule has 6 heteroatoms. The maximum Gasteiger partial charge on any atom is 0.330 e. The number of esters is 1. The molecule has 0 bridgehead atoms. The van der Waals surface area contributed by atoms with Crippen LogP contribution in [0.4, 0.5) is 0 Å². The van der Waals surface area contributed by atoms with Crippen molar-refractivity contribution in [1.29, 1.82) is 0 Å². The number of carbonyl (C=O) groups excluding carboxylic acids is 3. The van der Waals surface area contributed by atoms with Gasteiger partial charge in [-0.05, 0) is 13.3 Å². The number of ketones is 1. The number of furan rings is 1. The summed E-state index contributed by atoms with van der Waals surface area (Å²) in [6.45, 7) is 1.89. The maximum absolute atomic E-state index is 12.0. The highest BCUT2D eigenvalue weighted by atomic mass is 16.5. The number of hydrogen-bond donors (Lipinski definition) is 1. The van der Waals surface area contributed by atoms with Crippen LogP contribution >= 0.6 is 0 Å². The van der Waals surface area contributed by atoms with Crippen molar-refractivity contribution in [3.63, 3.8) is 0 Å². The Morgan fingerprint density at radius 3 is 2.81 bits per heavy atom. The van der Waals surface area contributed by atoms with Crippen LogP contribution in [0.3, 0.4) is 0 Å². The Morgan fingerprint density at radius 2 is 2.14 bits per heavy atom. The quantitative estimate of drug-likeness (QED) is 0.672. The predicted molar refractivity (Wildman–Crippen MR) is 74.2 cm³/mol. The molecule has 2 rings (SSSR count). The summed E-state index contributed by atoms with van der Waals surface area (Å²) >= 11 is 0. The van der Waals surface area contributed by atoms with Gasteiger partial charge in [-0.25, -0.2) is 4.79 Å². The second kappa shape index (κ2) is 6.39. The summed E-state index contributed by atoms with van der Waals surface area (Å²) in [5.41, 5.74) is 1.14. The average molecular weight is 291 g/mol. The highest BCUT2D eigenvalue weighted by molar-refractivity contribution is 6.03. The largest absolute Gasteiger partial charge is 0.466 e. The first kappa shape index (κ1) is 15.0. The van der Waals surface area contributed by atoms with Crippen molar-refractivity contribution in [2.45, 2.75) is 26.2 Å². The van der Waals surface area contributed by atoms with Crippen molar-refractivity contribution < 1.29 is 23.5 Å². The molecule has 1 amide bonds. The van der Waals surface area contributed by atoms with Crippen molar-refractivity contribution in [3.8, 4) is 0 Å². The average Bonchev–Trinajstić information content (AvgIpc) is 2.81. The lowest BCUT2D eigenvalue weighted by Gasteiger charge is -2.07. The Bertz CT molecular complexity index is 612. The zero-order valence-electron chi connectivity index (χ0n) is 12.0. The van der Waals surface area contributed by atoms with Crippen LogP contribution in [-0.2, 0) is 16.0 Å². The Balaban J connectivity index is 2.05. The number of aryl methyl sites for hydroxylation is 1. The molecule has 1 aliphatic rings. The van der Waals surface area contributed by atoms with Crippen molar-refractivity contribution >= 4 is 17.7 Å². The number of amides is 1. The number of hydrogen-bond acceptors (Lipinski definition) is 5. The molecule has 1 aromatic heterocycles. The van der Waals surface area contributed by atoms with Gasteiger partial charge in [-0.15, -0.1) is 0 Å². The van der Waals surface area contributed by atoms with Crippen molar-refractivity contribution in [2.75, 3.05) is 13.7 Å². The Morgan fingerprint density at radius 1 is 1.38 bits per heavy atom. The minimum Gasteiger partial charge on any atom is -0.466 e. The highest BCUT2D eigenvalue weighted by Gasteiger charge is 2.28. The van der Waals surface area contributed by atoms with E-state index in [-0.39, 0.29) is 18.1 Å². The lowest BCUT2D eigenvalue weighted by Crippen LogP contribution is -2.23. The zero-order chi connectivity index (χ0) is 15.4. The van der Waals surface area contributed by atoms with Gasteiger partial charge < -0.3 is 14.5 Å². The van der Waals surface area contributed by atoms with E-state index < -0.39 is 11.9 Å². The molecule has 1 aliphatic carbocycles. The van der Waals surface area contributed by atoms with Crippen LogP contribution in [0.15, 0.2) is 16.6 Å².